The van der Waals surface area contributed by atoms with Gasteiger partial charge in [-0.25, -0.2) is 17.9 Å². The van der Waals surface area contributed by atoms with Crippen molar-refractivity contribution < 1.29 is 18.0 Å². The minimum atomic E-state index is -3.99. The summed E-state index contributed by atoms with van der Waals surface area (Å²) in [5.41, 5.74) is 1.37. The van der Waals surface area contributed by atoms with Crippen LogP contribution in [0.5, 0.6) is 0 Å². The van der Waals surface area contributed by atoms with E-state index in [9.17, 15) is 13.2 Å². The predicted octanol–water partition coefficient (Wildman–Crippen LogP) is 1.84. The summed E-state index contributed by atoms with van der Waals surface area (Å²) in [5, 5.41) is 3.37. The highest BCUT2D eigenvalue weighted by Crippen LogP contribution is 2.09. The number of carbonyl (C=O) groups excluding carboxylic acids is 1. The van der Waals surface area contributed by atoms with Crippen LogP contribution in [0.4, 0.5) is 4.79 Å². The summed E-state index contributed by atoms with van der Waals surface area (Å²) in [6, 6.07) is 11.1. The van der Waals surface area contributed by atoms with Crippen LogP contribution in [0.25, 0.3) is 0 Å². The first-order valence-electron chi connectivity index (χ1n) is 6.22. The number of sulfonamides is 1. The Morgan fingerprint density at radius 3 is 2.59 bits per heavy atom. The van der Waals surface area contributed by atoms with Crippen LogP contribution in [-0.4, -0.2) is 25.7 Å². The third kappa shape index (κ3) is 4.38. The lowest BCUT2D eigenvalue weighted by atomic mass is 10.2. The monoisotopic (exact) mass is 319 g/mol. The van der Waals surface area contributed by atoms with E-state index in [1.807, 2.05) is 6.92 Å². The summed E-state index contributed by atoms with van der Waals surface area (Å²) in [6.07, 6.45) is 1.54. The molecule has 0 bridgehead atoms. The van der Waals surface area contributed by atoms with Crippen molar-refractivity contribution in [3.05, 3.63) is 59.9 Å². The van der Waals surface area contributed by atoms with Gasteiger partial charge in [0.2, 0.25) is 0 Å². The molecule has 0 saturated heterocycles. The lowest BCUT2D eigenvalue weighted by Gasteiger charge is -2.05. The summed E-state index contributed by atoms with van der Waals surface area (Å²) < 4.78 is 25.6. The molecule has 1 aromatic heterocycles. The summed E-state index contributed by atoms with van der Waals surface area (Å²) in [6.45, 7) is 1.82. The fraction of sp³-hybridized carbons (Fsp3) is 0.0714. The van der Waals surface area contributed by atoms with E-state index in [0.717, 1.165) is 5.56 Å². The maximum absolute atomic E-state index is 11.9. The molecule has 22 heavy (non-hydrogen) atoms. The number of nitrogens with zero attached hydrogens (tertiary/aromatic N) is 2. The molecule has 0 radical (unpaired) electrons. The first-order chi connectivity index (χ1) is 10.5. The van der Waals surface area contributed by atoms with Gasteiger partial charge in [0.05, 0.1) is 16.8 Å². The highest BCUT2D eigenvalue weighted by molar-refractivity contribution is 7.90. The fourth-order valence-electron chi connectivity index (χ4n) is 1.49. The van der Waals surface area contributed by atoms with Crippen LogP contribution in [0.15, 0.2) is 58.7 Å². The van der Waals surface area contributed by atoms with Crippen molar-refractivity contribution in [3.63, 3.8) is 0 Å². The van der Waals surface area contributed by atoms with E-state index in [0.29, 0.717) is 5.69 Å². The highest BCUT2D eigenvalue weighted by atomic mass is 32.2. The number of hydrogen-bond acceptors (Lipinski definition) is 6. The zero-order valence-corrected chi connectivity index (χ0v) is 12.4. The summed E-state index contributed by atoms with van der Waals surface area (Å²) in [5.74, 6) is 0. The van der Waals surface area contributed by atoms with Crippen LogP contribution in [0.1, 0.15) is 11.3 Å². The van der Waals surface area contributed by atoms with Crippen LogP contribution >= 0.6 is 0 Å². The van der Waals surface area contributed by atoms with Crippen LogP contribution in [-0.2, 0) is 14.9 Å². The number of benzene rings is 1. The molecule has 1 heterocycles. The Morgan fingerprint density at radius 1 is 1.23 bits per heavy atom. The van der Waals surface area contributed by atoms with Crippen LogP contribution in [0.2, 0.25) is 0 Å². The van der Waals surface area contributed by atoms with Crippen LogP contribution in [0.3, 0.4) is 0 Å². The average Bonchev–Trinajstić information content (AvgIpc) is 2.48. The van der Waals surface area contributed by atoms with Gasteiger partial charge in [-0.1, -0.05) is 28.9 Å². The Balaban J connectivity index is 1.96. The van der Waals surface area contributed by atoms with Gasteiger partial charge in [0, 0.05) is 6.20 Å². The second-order valence-corrected chi connectivity index (χ2v) is 5.97. The molecule has 0 aliphatic carbocycles. The smallest absolute Gasteiger partial charge is 0.297 e. The molecular formula is C14H13N3O4S. The molecule has 1 amide bonds. The van der Waals surface area contributed by atoms with Crippen molar-refractivity contribution in [2.45, 2.75) is 11.8 Å². The Labute approximate surface area is 127 Å². The minimum absolute atomic E-state index is 0.0382. The number of amides is 1. The molecule has 8 heteroatoms. The SMILES string of the molecule is Cc1ccc(S(=O)(=O)NC(=O)ON=Cc2ccccn2)cc1. The average molecular weight is 319 g/mol. The van der Waals surface area contributed by atoms with Crippen molar-refractivity contribution in [2.75, 3.05) is 0 Å². The topological polar surface area (TPSA) is 97.7 Å². The molecule has 2 aromatic rings. The van der Waals surface area contributed by atoms with E-state index in [2.05, 4.69) is 15.0 Å². The van der Waals surface area contributed by atoms with Gasteiger partial charge in [0.25, 0.3) is 10.0 Å². The number of hydrogen-bond donors (Lipinski definition) is 1. The predicted molar refractivity (Wildman–Crippen MR) is 79.8 cm³/mol. The number of rotatable bonds is 4. The molecule has 0 aliphatic heterocycles. The Hall–Kier alpha value is -2.74. The number of pyridine rings is 1. The summed E-state index contributed by atoms with van der Waals surface area (Å²) >= 11 is 0. The molecule has 0 atom stereocenters. The lowest BCUT2D eigenvalue weighted by molar-refractivity contribution is 0.158. The third-order valence-corrected chi connectivity index (χ3v) is 3.89. The van der Waals surface area contributed by atoms with Crippen molar-refractivity contribution in [1.82, 2.24) is 9.71 Å². The van der Waals surface area contributed by atoms with E-state index < -0.39 is 16.1 Å². The second kappa shape index (κ2) is 6.81. The van der Waals surface area contributed by atoms with Gasteiger partial charge in [-0.2, -0.15) is 0 Å². The number of oxime groups is 1. The number of aryl methyl sites for hydroxylation is 1. The van der Waals surface area contributed by atoms with Gasteiger partial charge in [-0.3, -0.25) is 9.82 Å². The molecule has 0 unspecified atom stereocenters. The van der Waals surface area contributed by atoms with Gasteiger partial charge >= 0.3 is 6.09 Å². The Morgan fingerprint density at radius 2 is 1.95 bits per heavy atom. The van der Waals surface area contributed by atoms with E-state index in [1.165, 1.54) is 18.3 Å². The molecule has 2 rings (SSSR count). The van der Waals surface area contributed by atoms with E-state index in [-0.39, 0.29) is 4.90 Å². The van der Waals surface area contributed by atoms with Gasteiger partial charge < -0.3 is 0 Å². The van der Waals surface area contributed by atoms with Crippen molar-refractivity contribution in [2.24, 2.45) is 5.16 Å². The third-order valence-electron chi connectivity index (χ3n) is 2.56. The first-order valence-corrected chi connectivity index (χ1v) is 7.70. The Kier molecular flexibility index (Phi) is 4.84. The number of aromatic nitrogens is 1. The number of carbonyl (C=O) groups is 1. The molecule has 1 N–H and O–H groups in total. The Bertz CT molecular complexity index is 771. The first kappa shape index (κ1) is 15.6. The van der Waals surface area contributed by atoms with E-state index in [4.69, 9.17) is 0 Å². The van der Waals surface area contributed by atoms with Crippen molar-refractivity contribution in [3.8, 4) is 0 Å². The van der Waals surface area contributed by atoms with Crippen LogP contribution in [0, 0.1) is 6.92 Å². The van der Waals surface area contributed by atoms with Crippen molar-refractivity contribution >= 4 is 22.3 Å². The molecule has 7 nitrogen and oxygen atoms in total. The zero-order chi connectivity index (χ0) is 16.0. The summed E-state index contributed by atoms with van der Waals surface area (Å²) in [7, 11) is -3.99. The standard InChI is InChI=1S/C14H13N3O4S/c1-11-5-7-13(8-6-11)22(19,20)17-14(18)21-16-10-12-4-2-3-9-15-12/h2-10H,1H3,(H,17,18). The van der Waals surface area contributed by atoms with E-state index >= 15 is 0 Å². The van der Waals surface area contributed by atoms with Crippen LogP contribution < -0.4 is 4.72 Å². The largest absolute Gasteiger partial charge is 0.447 e. The molecule has 0 saturated carbocycles. The fourth-order valence-corrected chi connectivity index (χ4v) is 2.35. The summed E-state index contributed by atoms with van der Waals surface area (Å²) in [4.78, 5) is 19.8. The molecule has 0 fully saturated rings. The van der Waals surface area contributed by atoms with Crippen molar-refractivity contribution in [1.29, 1.82) is 0 Å². The normalized spacial score (nSPS) is 11.3. The molecule has 114 valence electrons. The second-order valence-electron chi connectivity index (χ2n) is 4.29. The molecule has 0 aliphatic rings. The van der Waals surface area contributed by atoms with E-state index in [1.54, 1.807) is 41.3 Å². The minimum Gasteiger partial charge on any atom is -0.297 e. The maximum Gasteiger partial charge on any atom is 0.447 e. The molecule has 0 spiro atoms. The van der Waals surface area contributed by atoms with Gasteiger partial charge in [-0.05, 0) is 31.2 Å². The van der Waals surface area contributed by atoms with Gasteiger partial charge in [0.15, 0.2) is 0 Å². The van der Waals surface area contributed by atoms with Gasteiger partial charge in [0.1, 0.15) is 0 Å². The highest BCUT2D eigenvalue weighted by Gasteiger charge is 2.18. The number of nitrogens with one attached hydrogen (secondary N) is 1. The quantitative estimate of drug-likeness (QED) is 0.527. The maximum atomic E-state index is 11.9. The van der Waals surface area contributed by atoms with Gasteiger partial charge in [-0.15, -0.1) is 0 Å². The zero-order valence-electron chi connectivity index (χ0n) is 11.6. The molecular weight excluding hydrogens is 306 g/mol. The lowest BCUT2D eigenvalue weighted by Crippen LogP contribution is -2.30. The molecule has 1 aromatic carbocycles.